The lowest BCUT2D eigenvalue weighted by atomic mass is 9.84. The van der Waals surface area contributed by atoms with E-state index in [1.54, 1.807) is 24.3 Å². The summed E-state index contributed by atoms with van der Waals surface area (Å²) in [5.41, 5.74) is 1.09. The molecule has 0 radical (unpaired) electrons. The highest BCUT2D eigenvalue weighted by Crippen LogP contribution is 2.30. The van der Waals surface area contributed by atoms with Gasteiger partial charge in [0.05, 0.1) is 17.2 Å². The lowest BCUT2D eigenvalue weighted by molar-refractivity contribution is 0.0161. The van der Waals surface area contributed by atoms with E-state index in [4.69, 9.17) is 10.00 Å². The number of nitriles is 1. The van der Waals surface area contributed by atoms with Crippen molar-refractivity contribution in [1.82, 2.24) is 0 Å². The van der Waals surface area contributed by atoms with Crippen molar-refractivity contribution >= 4 is 5.97 Å². The van der Waals surface area contributed by atoms with Crippen molar-refractivity contribution in [2.24, 2.45) is 5.92 Å². The summed E-state index contributed by atoms with van der Waals surface area (Å²) in [6, 6.07) is 8.67. The second-order valence-corrected chi connectivity index (χ2v) is 5.88. The average molecular weight is 285 g/mol. The van der Waals surface area contributed by atoms with Crippen molar-refractivity contribution in [3.05, 3.63) is 35.4 Å². The number of esters is 1. The van der Waals surface area contributed by atoms with E-state index in [0.717, 1.165) is 18.8 Å². The molecule has 21 heavy (non-hydrogen) atoms. The lowest BCUT2D eigenvalue weighted by Crippen LogP contribution is -2.24. The van der Waals surface area contributed by atoms with Gasteiger partial charge in [0, 0.05) is 0 Å². The SMILES string of the molecule is CCCCC1CCC(OC(=O)c2ccc(C#N)cc2)CC1. The molecule has 0 N–H and O–H groups in total. The van der Waals surface area contributed by atoms with E-state index < -0.39 is 0 Å². The molecule has 112 valence electrons. The summed E-state index contributed by atoms with van der Waals surface area (Å²) in [7, 11) is 0. The van der Waals surface area contributed by atoms with Gasteiger partial charge in [-0.2, -0.15) is 5.26 Å². The van der Waals surface area contributed by atoms with Crippen molar-refractivity contribution in [1.29, 1.82) is 5.26 Å². The van der Waals surface area contributed by atoms with Crippen LogP contribution in [0, 0.1) is 17.2 Å². The minimum Gasteiger partial charge on any atom is -0.459 e. The van der Waals surface area contributed by atoms with Crippen LogP contribution in [0.25, 0.3) is 0 Å². The highest BCUT2D eigenvalue weighted by atomic mass is 16.5. The standard InChI is InChI=1S/C18H23NO2/c1-2-3-4-14-7-11-17(12-8-14)21-18(20)16-9-5-15(13-19)6-10-16/h5-6,9-10,14,17H,2-4,7-8,11-12H2,1H3. The topological polar surface area (TPSA) is 50.1 Å². The van der Waals surface area contributed by atoms with Crippen LogP contribution in [0.5, 0.6) is 0 Å². The fraction of sp³-hybridized carbons (Fsp3) is 0.556. The monoisotopic (exact) mass is 285 g/mol. The molecule has 0 bridgehead atoms. The fourth-order valence-corrected chi connectivity index (χ4v) is 2.93. The summed E-state index contributed by atoms with van der Waals surface area (Å²) in [5.74, 6) is 0.548. The van der Waals surface area contributed by atoms with E-state index in [2.05, 4.69) is 6.92 Å². The van der Waals surface area contributed by atoms with Gasteiger partial charge in [0.1, 0.15) is 6.10 Å². The largest absolute Gasteiger partial charge is 0.459 e. The normalized spacial score (nSPS) is 21.5. The molecular formula is C18H23NO2. The van der Waals surface area contributed by atoms with Gasteiger partial charge < -0.3 is 4.74 Å². The first-order valence-electron chi connectivity index (χ1n) is 7.94. The Morgan fingerprint density at radius 2 is 1.90 bits per heavy atom. The van der Waals surface area contributed by atoms with Crippen LogP contribution < -0.4 is 0 Å². The third-order valence-electron chi connectivity index (χ3n) is 4.28. The number of hydrogen-bond donors (Lipinski definition) is 0. The zero-order valence-electron chi connectivity index (χ0n) is 12.7. The molecule has 0 unspecified atom stereocenters. The Labute approximate surface area is 126 Å². The molecular weight excluding hydrogens is 262 g/mol. The van der Waals surface area contributed by atoms with E-state index in [0.29, 0.717) is 11.1 Å². The van der Waals surface area contributed by atoms with Crippen LogP contribution >= 0.6 is 0 Å². The van der Waals surface area contributed by atoms with Crippen LogP contribution in [0.4, 0.5) is 0 Å². The van der Waals surface area contributed by atoms with E-state index >= 15 is 0 Å². The predicted molar refractivity (Wildman–Crippen MR) is 81.8 cm³/mol. The van der Waals surface area contributed by atoms with E-state index in [-0.39, 0.29) is 12.1 Å². The molecule has 3 heteroatoms. The Morgan fingerprint density at radius 1 is 1.24 bits per heavy atom. The minimum absolute atomic E-state index is 0.0611. The molecule has 0 atom stereocenters. The molecule has 1 aliphatic rings. The zero-order chi connectivity index (χ0) is 15.1. The first kappa shape index (κ1) is 15.6. The molecule has 0 aliphatic heterocycles. The Morgan fingerprint density at radius 3 is 2.48 bits per heavy atom. The first-order chi connectivity index (χ1) is 10.2. The number of rotatable bonds is 5. The van der Waals surface area contributed by atoms with Gasteiger partial charge in [0.15, 0.2) is 0 Å². The quantitative estimate of drug-likeness (QED) is 0.750. The van der Waals surface area contributed by atoms with E-state index in [1.807, 2.05) is 6.07 Å². The third kappa shape index (κ3) is 4.60. The molecule has 1 aromatic rings. The van der Waals surface area contributed by atoms with Crippen LogP contribution in [0.3, 0.4) is 0 Å². The number of nitrogens with zero attached hydrogens (tertiary/aromatic N) is 1. The zero-order valence-corrected chi connectivity index (χ0v) is 12.7. The molecule has 0 heterocycles. The Bertz CT molecular complexity index is 493. The van der Waals surface area contributed by atoms with Crippen LogP contribution in [0.15, 0.2) is 24.3 Å². The summed E-state index contributed by atoms with van der Waals surface area (Å²) >= 11 is 0. The van der Waals surface area contributed by atoms with Gasteiger partial charge in [-0.25, -0.2) is 4.79 Å². The van der Waals surface area contributed by atoms with Crippen LogP contribution in [0.2, 0.25) is 0 Å². The van der Waals surface area contributed by atoms with Crippen molar-refractivity contribution < 1.29 is 9.53 Å². The molecule has 1 fully saturated rings. The van der Waals surface area contributed by atoms with Crippen LogP contribution in [-0.4, -0.2) is 12.1 Å². The number of carbonyl (C=O) groups excluding carboxylic acids is 1. The van der Waals surface area contributed by atoms with Crippen molar-refractivity contribution in [2.75, 3.05) is 0 Å². The molecule has 0 aromatic heterocycles. The van der Waals surface area contributed by atoms with Gasteiger partial charge in [-0.15, -0.1) is 0 Å². The summed E-state index contributed by atoms with van der Waals surface area (Å²) in [6.45, 7) is 2.23. The van der Waals surface area contributed by atoms with Crippen LogP contribution in [0.1, 0.15) is 67.8 Å². The average Bonchev–Trinajstić information content (AvgIpc) is 2.54. The van der Waals surface area contributed by atoms with Crippen molar-refractivity contribution in [2.45, 2.75) is 58.0 Å². The summed E-state index contributed by atoms with van der Waals surface area (Å²) in [5, 5.41) is 8.75. The third-order valence-corrected chi connectivity index (χ3v) is 4.28. The molecule has 1 aliphatic carbocycles. The number of benzene rings is 1. The van der Waals surface area contributed by atoms with Gasteiger partial charge in [0.2, 0.25) is 0 Å². The molecule has 2 rings (SSSR count). The first-order valence-corrected chi connectivity index (χ1v) is 7.94. The summed E-state index contributed by atoms with van der Waals surface area (Å²) in [6.07, 6.45) is 8.25. The minimum atomic E-state index is -0.267. The molecule has 3 nitrogen and oxygen atoms in total. The van der Waals surface area contributed by atoms with Gasteiger partial charge in [0.25, 0.3) is 0 Å². The predicted octanol–water partition coefficient (Wildman–Crippen LogP) is 4.46. The molecule has 0 saturated heterocycles. The maximum Gasteiger partial charge on any atom is 0.338 e. The number of ether oxygens (including phenoxy) is 1. The van der Waals surface area contributed by atoms with E-state index in [1.165, 1.54) is 32.1 Å². The smallest absolute Gasteiger partial charge is 0.338 e. The number of unbranched alkanes of at least 4 members (excludes halogenated alkanes) is 1. The molecule has 1 saturated carbocycles. The van der Waals surface area contributed by atoms with Gasteiger partial charge >= 0.3 is 5.97 Å². The Balaban J connectivity index is 1.80. The Hall–Kier alpha value is -1.82. The maximum atomic E-state index is 12.1. The molecule has 0 spiro atoms. The van der Waals surface area contributed by atoms with Gasteiger partial charge in [-0.1, -0.05) is 26.2 Å². The van der Waals surface area contributed by atoms with Gasteiger partial charge in [-0.05, 0) is 55.9 Å². The van der Waals surface area contributed by atoms with Crippen LogP contribution in [-0.2, 0) is 4.74 Å². The maximum absolute atomic E-state index is 12.1. The second-order valence-electron chi connectivity index (χ2n) is 5.88. The fourth-order valence-electron chi connectivity index (χ4n) is 2.93. The van der Waals surface area contributed by atoms with E-state index in [9.17, 15) is 4.79 Å². The van der Waals surface area contributed by atoms with Crippen molar-refractivity contribution in [3.8, 4) is 6.07 Å². The summed E-state index contributed by atoms with van der Waals surface area (Å²) in [4.78, 5) is 12.1. The summed E-state index contributed by atoms with van der Waals surface area (Å²) < 4.78 is 5.58. The highest BCUT2D eigenvalue weighted by molar-refractivity contribution is 5.89. The highest BCUT2D eigenvalue weighted by Gasteiger charge is 2.23. The number of carbonyl (C=O) groups is 1. The Kier molecular flexibility index (Phi) is 5.80. The molecule has 0 amide bonds. The lowest BCUT2D eigenvalue weighted by Gasteiger charge is -2.28. The second kappa shape index (κ2) is 7.83. The number of hydrogen-bond acceptors (Lipinski definition) is 3. The van der Waals surface area contributed by atoms with Gasteiger partial charge in [-0.3, -0.25) is 0 Å². The molecule has 1 aromatic carbocycles. The van der Waals surface area contributed by atoms with Crippen molar-refractivity contribution in [3.63, 3.8) is 0 Å².